The molecule has 0 aromatic carbocycles. The van der Waals surface area contributed by atoms with Crippen molar-refractivity contribution in [3.8, 4) is 0 Å². The zero-order chi connectivity index (χ0) is 0. The molecular formula is H7AgAlCaPb. The van der Waals surface area contributed by atoms with Crippen molar-refractivity contribution in [3.05, 3.63) is 0 Å². The first-order valence-corrected chi connectivity index (χ1v) is 0. The van der Waals surface area contributed by atoms with Gasteiger partial charge in [0.15, 0.2) is 17.4 Å². The Kier molecular flexibility index (Phi) is 105. The van der Waals surface area contributed by atoms with Crippen LogP contribution in [0.3, 0.4) is 0 Å². The van der Waals surface area contributed by atoms with Gasteiger partial charge in [0.2, 0.25) is 0 Å². The van der Waals surface area contributed by atoms with E-state index in [0.29, 0.717) is 0 Å². The van der Waals surface area contributed by atoms with Gasteiger partial charge in [-0.1, -0.05) is 0 Å². The minimum absolute atomic E-state index is 0. The molecule has 0 spiro atoms. The second-order valence-electron chi connectivity index (χ2n) is 0. The fraction of sp³-hybridized carbons (Fsp3) is 0. The van der Waals surface area contributed by atoms with Gasteiger partial charge in [-0.05, 0) is 0 Å². The van der Waals surface area contributed by atoms with Crippen LogP contribution in [0, 0.1) is 0 Å². The zero-order valence-electron chi connectivity index (χ0n) is 3.72. The second kappa shape index (κ2) is 16.1. The molecule has 0 aromatic rings. The third kappa shape index (κ3) is 9.07. The van der Waals surface area contributed by atoms with Gasteiger partial charge in [-0.3, -0.25) is 0 Å². The molecule has 0 aliphatic heterocycles. The molecule has 0 unspecified atom stereocenters. The van der Waals surface area contributed by atoms with Crippen LogP contribution in [0.4, 0.5) is 0 Å². The van der Waals surface area contributed by atoms with Crippen LogP contribution >= 0.6 is 0 Å². The molecule has 0 fully saturated rings. The van der Waals surface area contributed by atoms with E-state index in [1.54, 1.807) is 0 Å². The molecule has 0 bridgehead atoms. The van der Waals surface area contributed by atoms with Gasteiger partial charge in [0, 0.05) is 22.4 Å². The maximum atomic E-state index is 0. The molecule has 0 N–H and O–H groups in total. The molecule has 27 valence electrons. The Hall–Kier alpha value is 3.45. The van der Waals surface area contributed by atoms with Crippen molar-refractivity contribution in [2.75, 3.05) is 0 Å². The molecule has 0 heterocycles. The predicted molar refractivity (Wildman–Crippen MR) is 26.5 cm³/mol. The van der Waals surface area contributed by atoms with Crippen LogP contribution in [0.25, 0.3) is 0 Å². The monoisotopic (exact) mass is 389 g/mol. The average molecular weight is 389 g/mol. The Morgan fingerprint density at radius 3 is 1.25 bits per heavy atom. The zero-order valence-corrected chi connectivity index (χ0v) is 10.9. The van der Waals surface area contributed by atoms with Crippen LogP contribution in [-0.2, 0) is 22.4 Å². The van der Waals surface area contributed by atoms with Crippen LogP contribution in [0.5, 0.6) is 0 Å². The fourth-order valence-corrected chi connectivity index (χ4v) is 0. The summed E-state index contributed by atoms with van der Waals surface area (Å²) in [4.78, 5) is 0. The molecular weight excluding hydrogens is 382 g/mol. The molecule has 0 saturated carbocycles. The molecule has 0 aromatic heterocycles. The van der Waals surface area contributed by atoms with Gasteiger partial charge in [-0.25, -0.2) is 0 Å². The van der Waals surface area contributed by atoms with E-state index in [-0.39, 0.29) is 108 Å². The van der Waals surface area contributed by atoms with E-state index in [2.05, 4.69) is 0 Å². The summed E-state index contributed by atoms with van der Waals surface area (Å²) in [6, 6.07) is 0. The van der Waals surface area contributed by atoms with Crippen molar-refractivity contribution in [1.29, 1.82) is 0 Å². The van der Waals surface area contributed by atoms with Crippen molar-refractivity contribution in [2.24, 2.45) is 0 Å². The fourth-order valence-electron chi connectivity index (χ4n) is 0. The summed E-state index contributed by atoms with van der Waals surface area (Å²) in [5, 5.41) is 0. The van der Waals surface area contributed by atoms with E-state index < -0.39 is 0 Å². The van der Waals surface area contributed by atoms with Crippen LogP contribution in [0.15, 0.2) is 0 Å². The Balaban J connectivity index is 0. The quantitative estimate of drug-likeness (QED) is 0.411. The Labute approximate surface area is 105 Å². The van der Waals surface area contributed by atoms with E-state index in [1.165, 1.54) is 0 Å². The summed E-state index contributed by atoms with van der Waals surface area (Å²) in [6.45, 7) is 0. The van der Waals surface area contributed by atoms with Gasteiger partial charge < -0.3 is 2.85 Å². The molecule has 4 heavy (non-hydrogen) atoms. The summed E-state index contributed by atoms with van der Waals surface area (Å²) in [5.41, 5.74) is 0. The SMILES string of the molecule is [Ag].[AlH3].[Ca+2].[H-].[H-].[PbH2]. The molecule has 0 aliphatic rings. The topological polar surface area (TPSA) is 0 Å². The minimum atomic E-state index is 0. The molecule has 4 heteroatoms. The van der Waals surface area contributed by atoms with Gasteiger partial charge in [-0.2, -0.15) is 0 Å². The number of hydrogen-bond donors (Lipinski definition) is 0. The van der Waals surface area contributed by atoms with Crippen LogP contribution in [0.1, 0.15) is 2.85 Å². The molecule has 0 atom stereocenters. The standard InChI is InChI=1S/Ag.Al.Ca.Pb.7H/q;;+2;;;;;;;2*-1. The van der Waals surface area contributed by atoms with E-state index in [4.69, 9.17) is 0 Å². The first-order valence-electron chi connectivity index (χ1n) is 0. The summed E-state index contributed by atoms with van der Waals surface area (Å²) in [5.74, 6) is 0. The van der Waals surface area contributed by atoms with E-state index in [1.807, 2.05) is 0 Å². The predicted octanol–water partition coefficient (Wildman–Crippen LogP) is -2.26. The second-order valence-corrected chi connectivity index (χ2v) is 0. The summed E-state index contributed by atoms with van der Waals surface area (Å²) < 4.78 is 0. The van der Waals surface area contributed by atoms with Crippen molar-refractivity contribution in [1.82, 2.24) is 0 Å². The molecule has 3 radical (unpaired) electrons. The van der Waals surface area contributed by atoms with Gasteiger partial charge in [0.25, 0.3) is 0 Å². The van der Waals surface area contributed by atoms with E-state index >= 15 is 0 Å². The van der Waals surface area contributed by atoms with Gasteiger partial charge in [-0.15, -0.1) is 0 Å². The third-order valence-corrected chi connectivity index (χ3v) is 0. The van der Waals surface area contributed by atoms with E-state index in [0.717, 1.165) is 0 Å². The Morgan fingerprint density at radius 1 is 1.25 bits per heavy atom. The maximum absolute atomic E-state index is 0. The van der Waals surface area contributed by atoms with Crippen LogP contribution in [-0.4, -0.2) is 82.4 Å². The molecule has 0 saturated heterocycles. The third-order valence-electron chi connectivity index (χ3n) is 0. The van der Waals surface area contributed by atoms with Crippen molar-refractivity contribution in [3.63, 3.8) is 0 Å². The van der Waals surface area contributed by atoms with Crippen LogP contribution in [0.2, 0.25) is 0 Å². The summed E-state index contributed by atoms with van der Waals surface area (Å²) in [6.07, 6.45) is 0. The van der Waals surface area contributed by atoms with Crippen LogP contribution < -0.4 is 0 Å². The number of hydrogen-bond acceptors (Lipinski definition) is 0. The Bertz CT molecular complexity index is 13.5. The molecule has 0 amide bonds. The average Bonchev–Trinajstić information content (AvgIpc) is 0. The first kappa shape index (κ1) is 26.0. The molecule has 0 aliphatic carbocycles. The summed E-state index contributed by atoms with van der Waals surface area (Å²) in [7, 11) is 0. The molecule has 0 rings (SSSR count). The van der Waals surface area contributed by atoms with Crippen molar-refractivity contribution < 1.29 is 25.2 Å². The van der Waals surface area contributed by atoms with Crippen molar-refractivity contribution >= 4 is 82.4 Å². The summed E-state index contributed by atoms with van der Waals surface area (Å²) >= 11 is 0. The number of rotatable bonds is 0. The molecule has 0 nitrogen and oxygen atoms in total. The van der Waals surface area contributed by atoms with Gasteiger partial charge >= 0.3 is 65.0 Å². The van der Waals surface area contributed by atoms with E-state index in [9.17, 15) is 0 Å². The van der Waals surface area contributed by atoms with Crippen molar-refractivity contribution in [2.45, 2.75) is 0 Å². The normalized spacial score (nSPS) is 0. The Morgan fingerprint density at radius 2 is 1.25 bits per heavy atom. The van der Waals surface area contributed by atoms with Gasteiger partial charge in [0.1, 0.15) is 0 Å². The first-order chi connectivity index (χ1) is 0. The van der Waals surface area contributed by atoms with Gasteiger partial charge in [0.05, 0.1) is 0 Å².